The van der Waals surface area contributed by atoms with E-state index in [9.17, 15) is 10.1 Å². The van der Waals surface area contributed by atoms with Gasteiger partial charge in [-0.2, -0.15) is 0 Å². The fourth-order valence-electron chi connectivity index (χ4n) is 1.03. The molecular weight excluding hydrogens is 160 g/mol. The number of hydrogen-bond acceptors (Lipinski definition) is 4. The third-order valence-corrected chi connectivity index (χ3v) is 1.64. The van der Waals surface area contributed by atoms with Crippen molar-refractivity contribution < 1.29 is 9.45 Å². The van der Waals surface area contributed by atoms with Gasteiger partial charge in [-0.3, -0.25) is 10.1 Å². The fourth-order valence-corrected chi connectivity index (χ4v) is 1.03. The van der Waals surface area contributed by atoms with Crippen LogP contribution >= 0.6 is 0 Å². The predicted octanol–water partition coefficient (Wildman–Crippen LogP) is 1.71. The highest BCUT2D eigenvalue weighted by molar-refractivity contribution is 5.38. The number of rotatable bonds is 3. The summed E-state index contributed by atoms with van der Waals surface area (Å²) in [5, 5.41) is 14.1. The van der Waals surface area contributed by atoms with Gasteiger partial charge in [-0.05, 0) is 6.42 Å². The van der Waals surface area contributed by atoms with Gasteiger partial charge < -0.3 is 4.52 Å². The molecule has 66 valence electrons. The van der Waals surface area contributed by atoms with E-state index in [1.807, 2.05) is 6.92 Å². The van der Waals surface area contributed by atoms with E-state index in [2.05, 4.69) is 5.16 Å². The highest BCUT2D eigenvalue weighted by Crippen LogP contribution is 2.23. The molecule has 0 atom stereocenters. The van der Waals surface area contributed by atoms with Crippen LogP contribution < -0.4 is 0 Å². The van der Waals surface area contributed by atoms with E-state index in [1.165, 1.54) is 0 Å². The van der Waals surface area contributed by atoms with Gasteiger partial charge in [0, 0.05) is 6.42 Å². The summed E-state index contributed by atoms with van der Waals surface area (Å²) in [6.07, 6.45) is 1.03. The smallest absolute Gasteiger partial charge is 0.334 e. The normalized spacial score (nSPS) is 10.2. The van der Waals surface area contributed by atoms with Gasteiger partial charge in [0.15, 0.2) is 5.69 Å². The van der Waals surface area contributed by atoms with Gasteiger partial charge in [-0.1, -0.05) is 19.0 Å². The van der Waals surface area contributed by atoms with Crippen LogP contribution in [-0.4, -0.2) is 10.1 Å². The van der Waals surface area contributed by atoms with Crippen molar-refractivity contribution in [1.29, 1.82) is 0 Å². The number of aryl methyl sites for hydroxylation is 2. The summed E-state index contributed by atoms with van der Waals surface area (Å²) in [6.45, 7) is 3.61. The summed E-state index contributed by atoms with van der Waals surface area (Å²) >= 11 is 0. The second kappa shape index (κ2) is 3.34. The first kappa shape index (κ1) is 8.70. The minimum Gasteiger partial charge on any atom is -0.354 e. The van der Waals surface area contributed by atoms with Crippen molar-refractivity contribution in [2.75, 3.05) is 0 Å². The van der Waals surface area contributed by atoms with Crippen LogP contribution in [0.5, 0.6) is 0 Å². The Balaban J connectivity index is 3.16. The molecule has 1 rings (SSSR count). The Morgan fingerprint density at radius 1 is 1.50 bits per heavy atom. The Labute approximate surface area is 69.5 Å². The number of hydrogen-bond donors (Lipinski definition) is 0. The SMILES string of the molecule is CCc1noc(CC)c1[N+](=O)[O-]. The summed E-state index contributed by atoms with van der Waals surface area (Å²) in [6, 6.07) is 0. The lowest BCUT2D eigenvalue weighted by Gasteiger charge is -1.89. The van der Waals surface area contributed by atoms with Crippen LogP contribution in [0.25, 0.3) is 0 Å². The van der Waals surface area contributed by atoms with Crippen LogP contribution in [0.3, 0.4) is 0 Å². The molecule has 1 aromatic heterocycles. The van der Waals surface area contributed by atoms with Crippen LogP contribution in [0, 0.1) is 10.1 Å². The maximum Gasteiger partial charge on any atom is 0.334 e. The average molecular weight is 170 g/mol. The molecule has 5 nitrogen and oxygen atoms in total. The molecule has 0 fully saturated rings. The van der Waals surface area contributed by atoms with Crippen molar-refractivity contribution in [3.8, 4) is 0 Å². The molecule has 0 bridgehead atoms. The summed E-state index contributed by atoms with van der Waals surface area (Å²) in [7, 11) is 0. The second-order valence-corrected chi connectivity index (χ2v) is 2.37. The standard InChI is InChI=1S/C7H10N2O3/c1-3-5-7(9(10)11)6(4-2)12-8-5/h3-4H2,1-2H3. The minimum atomic E-state index is -0.436. The van der Waals surface area contributed by atoms with E-state index in [1.54, 1.807) is 6.92 Å². The van der Waals surface area contributed by atoms with Crippen LogP contribution in [0.1, 0.15) is 25.3 Å². The van der Waals surface area contributed by atoms with Crippen molar-refractivity contribution in [3.05, 3.63) is 21.6 Å². The highest BCUT2D eigenvalue weighted by atomic mass is 16.6. The molecular formula is C7H10N2O3. The molecule has 0 aliphatic carbocycles. The lowest BCUT2D eigenvalue weighted by Crippen LogP contribution is -1.94. The van der Waals surface area contributed by atoms with E-state index in [4.69, 9.17) is 4.52 Å². The molecule has 0 N–H and O–H groups in total. The van der Waals surface area contributed by atoms with Crippen LogP contribution in [0.15, 0.2) is 4.52 Å². The maximum atomic E-state index is 10.5. The van der Waals surface area contributed by atoms with Gasteiger partial charge in [0.05, 0.1) is 4.92 Å². The molecule has 0 saturated carbocycles. The van der Waals surface area contributed by atoms with E-state index in [0.717, 1.165) is 0 Å². The van der Waals surface area contributed by atoms with Crippen LogP contribution in [0.2, 0.25) is 0 Å². The average Bonchev–Trinajstić information content (AvgIpc) is 2.46. The molecule has 0 amide bonds. The fraction of sp³-hybridized carbons (Fsp3) is 0.571. The van der Waals surface area contributed by atoms with E-state index in [-0.39, 0.29) is 5.69 Å². The molecule has 1 aromatic rings. The Bertz CT molecular complexity index is 271. The first-order valence-corrected chi connectivity index (χ1v) is 3.82. The molecule has 0 aliphatic heterocycles. The molecule has 12 heavy (non-hydrogen) atoms. The molecule has 1 heterocycles. The first-order chi connectivity index (χ1) is 5.70. The molecule has 5 heteroatoms. The van der Waals surface area contributed by atoms with E-state index in [0.29, 0.717) is 24.3 Å². The summed E-state index contributed by atoms with van der Waals surface area (Å²) in [5.41, 5.74) is 0.469. The van der Waals surface area contributed by atoms with E-state index >= 15 is 0 Å². The van der Waals surface area contributed by atoms with Crippen LogP contribution in [0.4, 0.5) is 5.69 Å². The van der Waals surface area contributed by atoms with Gasteiger partial charge in [0.25, 0.3) is 0 Å². The second-order valence-electron chi connectivity index (χ2n) is 2.37. The van der Waals surface area contributed by atoms with E-state index < -0.39 is 4.92 Å². The molecule has 0 spiro atoms. The molecule has 0 saturated heterocycles. The summed E-state index contributed by atoms with van der Waals surface area (Å²) in [4.78, 5) is 10.1. The quantitative estimate of drug-likeness (QED) is 0.511. The van der Waals surface area contributed by atoms with Crippen LogP contribution in [-0.2, 0) is 12.8 Å². The van der Waals surface area contributed by atoms with Crippen molar-refractivity contribution in [2.45, 2.75) is 26.7 Å². The van der Waals surface area contributed by atoms with Gasteiger partial charge in [-0.15, -0.1) is 0 Å². The number of nitro groups is 1. The summed E-state index contributed by atoms with van der Waals surface area (Å²) < 4.78 is 4.81. The zero-order valence-electron chi connectivity index (χ0n) is 7.03. The molecule has 0 radical (unpaired) electrons. The zero-order valence-corrected chi connectivity index (χ0v) is 7.03. The molecule has 0 aromatic carbocycles. The third kappa shape index (κ3) is 1.30. The summed E-state index contributed by atoms with van der Waals surface area (Å²) in [5.74, 6) is 0.358. The molecule has 0 aliphatic rings. The highest BCUT2D eigenvalue weighted by Gasteiger charge is 2.23. The zero-order chi connectivity index (χ0) is 9.14. The first-order valence-electron chi connectivity index (χ1n) is 3.82. The Morgan fingerprint density at radius 2 is 2.17 bits per heavy atom. The monoisotopic (exact) mass is 170 g/mol. The Kier molecular flexibility index (Phi) is 2.42. The van der Waals surface area contributed by atoms with Gasteiger partial charge in [0.1, 0.15) is 0 Å². The van der Waals surface area contributed by atoms with Gasteiger partial charge in [-0.25, -0.2) is 0 Å². The van der Waals surface area contributed by atoms with Crippen molar-refractivity contribution >= 4 is 5.69 Å². The minimum absolute atomic E-state index is 0.0417. The van der Waals surface area contributed by atoms with Crippen molar-refractivity contribution in [2.24, 2.45) is 0 Å². The largest absolute Gasteiger partial charge is 0.354 e. The van der Waals surface area contributed by atoms with Gasteiger partial charge in [0.2, 0.25) is 5.76 Å². The Hall–Kier alpha value is -1.39. The maximum absolute atomic E-state index is 10.5. The van der Waals surface area contributed by atoms with Crippen molar-refractivity contribution in [1.82, 2.24) is 5.16 Å². The lowest BCUT2D eigenvalue weighted by atomic mass is 10.2. The van der Waals surface area contributed by atoms with Gasteiger partial charge >= 0.3 is 5.69 Å². The van der Waals surface area contributed by atoms with Crippen molar-refractivity contribution in [3.63, 3.8) is 0 Å². The predicted molar refractivity (Wildman–Crippen MR) is 41.9 cm³/mol. The topological polar surface area (TPSA) is 69.2 Å². The number of aromatic nitrogens is 1. The third-order valence-electron chi connectivity index (χ3n) is 1.64. The lowest BCUT2D eigenvalue weighted by molar-refractivity contribution is -0.386. The Morgan fingerprint density at radius 3 is 2.58 bits per heavy atom. The molecule has 0 unspecified atom stereocenters. The number of nitrogens with zero attached hydrogens (tertiary/aromatic N) is 2.